The normalized spacial score (nSPS) is 31.6. The van der Waals surface area contributed by atoms with Crippen LogP contribution in [0.15, 0.2) is 23.1 Å². The Morgan fingerprint density at radius 1 is 1.29 bits per heavy atom. The van der Waals surface area contributed by atoms with Gasteiger partial charge in [0, 0.05) is 13.0 Å². The second kappa shape index (κ2) is 7.45. The molecule has 2 fully saturated rings. The number of carbonyl (C=O) groups excluding carboxylic acids is 1. The summed E-state index contributed by atoms with van der Waals surface area (Å²) in [6, 6.07) is 5.71. The smallest absolute Gasteiger partial charge is 0.305 e. The number of benzene rings is 1. The molecule has 28 heavy (non-hydrogen) atoms. The van der Waals surface area contributed by atoms with Crippen LogP contribution in [-0.4, -0.2) is 39.5 Å². The molecule has 0 radical (unpaired) electrons. The van der Waals surface area contributed by atoms with Crippen molar-refractivity contribution in [2.45, 2.75) is 68.3 Å². The number of hydrogen-bond donors (Lipinski definition) is 0. The van der Waals surface area contributed by atoms with Crippen molar-refractivity contribution in [2.24, 2.45) is 11.8 Å². The Hall–Kier alpha value is -1.40. The van der Waals surface area contributed by atoms with E-state index in [9.17, 15) is 13.2 Å². The van der Waals surface area contributed by atoms with E-state index >= 15 is 0 Å². The summed E-state index contributed by atoms with van der Waals surface area (Å²) < 4.78 is 36.1. The van der Waals surface area contributed by atoms with Crippen molar-refractivity contribution in [1.82, 2.24) is 0 Å². The molecular formula is C22H30O5S. The molecule has 1 saturated carbocycles. The van der Waals surface area contributed by atoms with Crippen LogP contribution in [0.3, 0.4) is 0 Å². The largest absolute Gasteiger partial charge is 0.469 e. The minimum atomic E-state index is -3.38. The second-order valence-electron chi connectivity index (χ2n) is 8.76. The first-order chi connectivity index (χ1) is 13.3. The van der Waals surface area contributed by atoms with E-state index in [2.05, 4.69) is 17.7 Å². The second-order valence-corrected chi connectivity index (χ2v) is 10.9. The van der Waals surface area contributed by atoms with E-state index in [-0.39, 0.29) is 30.2 Å². The molecule has 1 aliphatic heterocycles. The van der Waals surface area contributed by atoms with E-state index in [0.717, 1.165) is 38.7 Å². The molecule has 0 spiro atoms. The Labute approximate surface area is 167 Å². The lowest BCUT2D eigenvalue weighted by atomic mass is 9.59. The van der Waals surface area contributed by atoms with Gasteiger partial charge in [0.15, 0.2) is 9.84 Å². The Balaban J connectivity index is 1.52. The minimum Gasteiger partial charge on any atom is -0.469 e. The lowest BCUT2D eigenvalue weighted by Crippen LogP contribution is -2.44. The zero-order valence-electron chi connectivity index (χ0n) is 16.8. The fraction of sp³-hybridized carbons (Fsp3) is 0.682. The summed E-state index contributed by atoms with van der Waals surface area (Å²) in [6.07, 6.45) is 5.84. The molecule has 1 heterocycles. The van der Waals surface area contributed by atoms with E-state index in [1.54, 1.807) is 6.07 Å². The summed E-state index contributed by atoms with van der Waals surface area (Å²) in [6.45, 7) is 3.15. The number of methoxy groups -OCH3 is 1. The summed E-state index contributed by atoms with van der Waals surface area (Å²) in [5, 5.41) is 0. The zero-order valence-corrected chi connectivity index (χ0v) is 17.6. The van der Waals surface area contributed by atoms with Crippen LogP contribution >= 0.6 is 0 Å². The maximum atomic E-state index is 12.7. The monoisotopic (exact) mass is 406 g/mol. The topological polar surface area (TPSA) is 69.7 Å². The molecule has 0 bridgehead atoms. The van der Waals surface area contributed by atoms with Crippen LogP contribution in [0.2, 0.25) is 0 Å². The van der Waals surface area contributed by atoms with E-state index in [1.807, 2.05) is 6.07 Å². The van der Waals surface area contributed by atoms with E-state index in [0.29, 0.717) is 22.6 Å². The Kier molecular flexibility index (Phi) is 5.29. The van der Waals surface area contributed by atoms with Gasteiger partial charge in [-0.3, -0.25) is 4.79 Å². The molecule has 0 amide bonds. The van der Waals surface area contributed by atoms with E-state index in [4.69, 9.17) is 4.74 Å². The van der Waals surface area contributed by atoms with Crippen molar-refractivity contribution in [3.63, 3.8) is 0 Å². The average Bonchev–Trinajstić information content (AvgIpc) is 3.08. The van der Waals surface area contributed by atoms with Crippen LogP contribution in [0.1, 0.15) is 62.5 Å². The van der Waals surface area contributed by atoms with Crippen molar-refractivity contribution < 1.29 is 22.7 Å². The molecule has 1 saturated heterocycles. The van der Waals surface area contributed by atoms with Gasteiger partial charge in [-0.1, -0.05) is 6.07 Å². The molecule has 4 rings (SSSR count). The summed E-state index contributed by atoms with van der Waals surface area (Å²) in [5.41, 5.74) is 2.58. The number of sulfone groups is 1. The van der Waals surface area contributed by atoms with Gasteiger partial charge in [-0.2, -0.15) is 0 Å². The fourth-order valence-electron chi connectivity index (χ4n) is 5.78. The molecule has 2 aliphatic carbocycles. The molecule has 1 aromatic carbocycles. The average molecular weight is 407 g/mol. The third-order valence-corrected chi connectivity index (χ3v) is 9.07. The molecule has 154 valence electrons. The van der Waals surface area contributed by atoms with Crippen LogP contribution in [0, 0.1) is 11.8 Å². The van der Waals surface area contributed by atoms with Crippen molar-refractivity contribution >= 4 is 15.8 Å². The van der Waals surface area contributed by atoms with E-state index in [1.165, 1.54) is 18.2 Å². The van der Waals surface area contributed by atoms with Gasteiger partial charge in [0.05, 0.1) is 23.4 Å². The van der Waals surface area contributed by atoms with Crippen molar-refractivity contribution in [2.75, 3.05) is 19.5 Å². The third kappa shape index (κ3) is 3.50. The van der Waals surface area contributed by atoms with Crippen molar-refractivity contribution in [3.8, 4) is 0 Å². The van der Waals surface area contributed by atoms with Gasteiger partial charge in [0.1, 0.15) is 0 Å². The van der Waals surface area contributed by atoms with Gasteiger partial charge in [0.2, 0.25) is 0 Å². The molecule has 1 aromatic rings. The molecule has 6 heteroatoms. The van der Waals surface area contributed by atoms with Gasteiger partial charge < -0.3 is 9.47 Å². The van der Waals surface area contributed by atoms with Gasteiger partial charge >= 0.3 is 5.97 Å². The maximum absolute atomic E-state index is 12.7. The summed E-state index contributed by atoms with van der Waals surface area (Å²) in [5.74, 6) is 1.41. The van der Waals surface area contributed by atoms with Crippen LogP contribution in [0.5, 0.6) is 0 Å². The maximum Gasteiger partial charge on any atom is 0.305 e. The predicted molar refractivity (Wildman–Crippen MR) is 106 cm³/mol. The highest BCUT2D eigenvalue weighted by Crippen LogP contribution is 2.55. The first-order valence-corrected chi connectivity index (χ1v) is 12.1. The lowest BCUT2D eigenvalue weighted by Gasteiger charge is -2.48. The molecular weight excluding hydrogens is 376 g/mol. The predicted octanol–water partition coefficient (Wildman–Crippen LogP) is 3.65. The molecule has 0 N–H and O–H groups in total. The van der Waals surface area contributed by atoms with Crippen LogP contribution in [-0.2, 0) is 30.5 Å². The number of hydrogen-bond acceptors (Lipinski definition) is 5. The van der Waals surface area contributed by atoms with Crippen LogP contribution in [0.4, 0.5) is 0 Å². The Morgan fingerprint density at radius 3 is 2.89 bits per heavy atom. The Morgan fingerprint density at radius 2 is 2.11 bits per heavy atom. The molecule has 0 aromatic heterocycles. The van der Waals surface area contributed by atoms with E-state index < -0.39 is 9.84 Å². The van der Waals surface area contributed by atoms with Crippen LogP contribution in [0.25, 0.3) is 0 Å². The van der Waals surface area contributed by atoms with Crippen molar-refractivity contribution in [3.05, 3.63) is 29.3 Å². The van der Waals surface area contributed by atoms with Crippen LogP contribution < -0.4 is 0 Å². The third-order valence-electron chi connectivity index (χ3n) is 7.27. The summed E-state index contributed by atoms with van der Waals surface area (Å²) in [7, 11) is -2.06. The number of ether oxygens (including phenoxy) is 2. The quantitative estimate of drug-likeness (QED) is 0.698. The van der Waals surface area contributed by atoms with Crippen molar-refractivity contribution in [1.29, 1.82) is 0 Å². The highest BCUT2D eigenvalue weighted by Gasteiger charge is 2.51. The minimum absolute atomic E-state index is 0.0231. The molecule has 5 nitrogen and oxygen atoms in total. The number of carbonyl (C=O) groups is 1. The highest BCUT2D eigenvalue weighted by molar-refractivity contribution is 7.91. The molecule has 3 unspecified atom stereocenters. The number of fused-ring (bicyclic) bond motifs is 5. The SMILES string of the molecule is COC(=O)CCCS(=O)(=O)c1ccc2c(c1)CCC1C2CC[C@]2(C)OCCC12. The molecule has 3 aliphatic rings. The standard InChI is InChI=1S/C22H30O5S/c1-22-11-9-18-17-8-6-16(28(24,25)13-3-4-21(23)26-2)14-15(17)5-7-19(18)20(22)10-12-27-22/h6,8,14,18-20H,3-5,7,9-13H2,1-2H3/t18?,19?,20?,22-/m0/s1. The fourth-order valence-corrected chi connectivity index (χ4v) is 7.14. The summed E-state index contributed by atoms with van der Waals surface area (Å²) >= 11 is 0. The number of esters is 1. The number of aryl methyl sites for hydroxylation is 1. The van der Waals surface area contributed by atoms with Gasteiger partial charge in [-0.15, -0.1) is 0 Å². The summed E-state index contributed by atoms with van der Waals surface area (Å²) in [4.78, 5) is 11.6. The van der Waals surface area contributed by atoms with Gasteiger partial charge in [-0.05, 0) is 86.5 Å². The first-order valence-electron chi connectivity index (χ1n) is 10.4. The highest BCUT2D eigenvalue weighted by atomic mass is 32.2. The first kappa shape index (κ1) is 19.9. The van der Waals surface area contributed by atoms with Gasteiger partial charge in [0.25, 0.3) is 0 Å². The zero-order chi connectivity index (χ0) is 19.9. The lowest BCUT2D eigenvalue weighted by molar-refractivity contribution is -0.140. The Bertz CT molecular complexity index is 862. The van der Waals surface area contributed by atoms with Gasteiger partial charge in [-0.25, -0.2) is 8.42 Å². The molecule has 4 atom stereocenters. The number of rotatable bonds is 5.